The minimum Gasteiger partial charge on any atom is -0.480 e. The van der Waals surface area contributed by atoms with Crippen molar-refractivity contribution in [2.45, 2.75) is 6.54 Å². The van der Waals surface area contributed by atoms with E-state index in [0.29, 0.717) is 0 Å². The maximum atomic E-state index is 11.5. The van der Waals surface area contributed by atoms with Gasteiger partial charge < -0.3 is 19.7 Å². The summed E-state index contributed by atoms with van der Waals surface area (Å²) in [6.45, 7) is 3.46. The van der Waals surface area contributed by atoms with Crippen molar-refractivity contribution in [3.05, 3.63) is 27.2 Å². The van der Waals surface area contributed by atoms with Gasteiger partial charge in [-0.2, -0.15) is 0 Å². The molecule has 0 bridgehead atoms. The molecule has 2 aromatic heterocycles. The summed E-state index contributed by atoms with van der Waals surface area (Å²) in [7, 11) is 1.44. The maximum absolute atomic E-state index is 11.5. The van der Waals surface area contributed by atoms with Crippen molar-refractivity contribution < 1.29 is 14.6 Å². The normalized spacial score (nSPS) is 14.4. The molecule has 0 aromatic carbocycles. The highest BCUT2D eigenvalue weighted by atomic mass is 16.5. The molecule has 0 amide bonds. The van der Waals surface area contributed by atoms with Crippen LogP contribution < -0.4 is 16.6 Å². The molecule has 0 radical (unpaired) electrons. The number of aryl methyl sites for hydroxylation is 1. The minimum absolute atomic E-state index is 0.0736. The molecule has 0 spiro atoms. The van der Waals surface area contributed by atoms with E-state index in [1.807, 2.05) is 0 Å². The summed E-state index contributed by atoms with van der Waals surface area (Å²) >= 11 is 0. The van der Waals surface area contributed by atoms with Crippen molar-refractivity contribution in [1.82, 2.24) is 24.4 Å². The van der Waals surface area contributed by atoms with Gasteiger partial charge in [-0.25, -0.2) is 9.78 Å². The van der Waals surface area contributed by atoms with Crippen LogP contribution in [0.25, 0.3) is 11.2 Å². The maximum Gasteiger partial charge on any atom is 0.329 e. The van der Waals surface area contributed by atoms with Crippen LogP contribution in [-0.4, -0.2) is 56.5 Å². The third-order valence-electron chi connectivity index (χ3n) is 3.03. The van der Waals surface area contributed by atoms with Crippen molar-refractivity contribution in [2.75, 3.05) is 26.3 Å². The van der Waals surface area contributed by atoms with Gasteiger partial charge in [-0.05, 0) is 0 Å². The van der Waals surface area contributed by atoms with Crippen LogP contribution >= 0.6 is 0 Å². The Balaban J connectivity index is 0.000000246. The van der Waals surface area contributed by atoms with Gasteiger partial charge in [-0.3, -0.25) is 19.1 Å². The van der Waals surface area contributed by atoms with Crippen LogP contribution in [0.2, 0.25) is 0 Å². The van der Waals surface area contributed by atoms with E-state index in [4.69, 9.17) is 9.84 Å². The van der Waals surface area contributed by atoms with Crippen molar-refractivity contribution in [3.63, 3.8) is 0 Å². The largest absolute Gasteiger partial charge is 0.480 e. The number of hydrogen-bond donors (Lipinski definition) is 3. The second-order valence-electron chi connectivity index (χ2n) is 4.62. The molecule has 10 nitrogen and oxygen atoms in total. The molecule has 1 saturated heterocycles. The molecule has 0 saturated carbocycles. The summed E-state index contributed by atoms with van der Waals surface area (Å²) in [5, 5.41) is 11.8. The van der Waals surface area contributed by atoms with Crippen LogP contribution in [0.1, 0.15) is 0 Å². The van der Waals surface area contributed by atoms with Crippen molar-refractivity contribution >= 4 is 17.1 Å². The SMILES string of the molecule is C1COCCN1.Cn1c(=O)[nH]c(=O)c2c1ncn2CC(=O)O. The van der Waals surface area contributed by atoms with Gasteiger partial charge in [-0.1, -0.05) is 0 Å². The molecule has 3 heterocycles. The first-order chi connectivity index (χ1) is 10.5. The number of carboxylic acids is 1. The third kappa shape index (κ3) is 3.59. The first kappa shape index (κ1) is 15.9. The van der Waals surface area contributed by atoms with Crippen molar-refractivity contribution in [3.8, 4) is 0 Å². The van der Waals surface area contributed by atoms with E-state index in [9.17, 15) is 14.4 Å². The Morgan fingerprint density at radius 3 is 2.59 bits per heavy atom. The average Bonchev–Trinajstić information content (AvgIpc) is 2.91. The van der Waals surface area contributed by atoms with Crippen molar-refractivity contribution in [2.24, 2.45) is 7.05 Å². The van der Waals surface area contributed by atoms with E-state index in [0.717, 1.165) is 30.9 Å². The van der Waals surface area contributed by atoms with Gasteiger partial charge in [0.2, 0.25) is 0 Å². The van der Waals surface area contributed by atoms with Crippen LogP contribution in [0, 0.1) is 0 Å². The molecule has 0 unspecified atom stereocenters. The molecule has 3 N–H and O–H groups in total. The number of hydrogen-bond acceptors (Lipinski definition) is 6. The lowest BCUT2D eigenvalue weighted by atomic mass is 10.5. The molecular formula is C12H17N5O5. The number of rotatable bonds is 2. The lowest BCUT2D eigenvalue weighted by Gasteiger charge is -2.10. The van der Waals surface area contributed by atoms with Gasteiger partial charge in [-0.15, -0.1) is 0 Å². The predicted octanol–water partition coefficient (Wildman–Crippen LogP) is -1.89. The van der Waals surface area contributed by atoms with Gasteiger partial charge in [0.15, 0.2) is 11.2 Å². The zero-order chi connectivity index (χ0) is 16.1. The summed E-state index contributed by atoms with van der Waals surface area (Å²) in [6, 6.07) is 0. The Hall–Kier alpha value is -2.46. The number of aromatic nitrogens is 4. The summed E-state index contributed by atoms with van der Waals surface area (Å²) in [5.74, 6) is -1.09. The first-order valence-corrected chi connectivity index (χ1v) is 6.65. The fraction of sp³-hybridized carbons (Fsp3) is 0.500. The molecule has 1 aliphatic heterocycles. The van der Waals surface area contributed by atoms with E-state index in [-0.39, 0.29) is 17.7 Å². The smallest absolute Gasteiger partial charge is 0.329 e. The standard InChI is InChI=1S/C8H8N4O4.C4H9NO/c1-11-6-5(7(15)10-8(11)16)12(3-9-6)2-4(13)14;1-3-6-4-2-5-1/h3H,2H2,1H3,(H,13,14)(H,10,15,16);5H,1-4H2. The number of fused-ring (bicyclic) bond motifs is 1. The Labute approximate surface area is 124 Å². The number of carbonyl (C=O) groups is 1. The van der Waals surface area contributed by atoms with E-state index in [2.05, 4.69) is 15.3 Å². The van der Waals surface area contributed by atoms with E-state index >= 15 is 0 Å². The Morgan fingerprint density at radius 1 is 1.41 bits per heavy atom. The third-order valence-corrected chi connectivity index (χ3v) is 3.03. The Kier molecular flexibility index (Phi) is 5.07. The number of nitrogens with zero attached hydrogens (tertiary/aromatic N) is 3. The van der Waals surface area contributed by atoms with Gasteiger partial charge in [0, 0.05) is 20.1 Å². The number of carboxylic acid groups (broad SMARTS) is 1. The highest BCUT2D eigenvalue weighted by molar-refractivity contribution is 5.73. The molecular weight excluding hydrogens is 294 g/mol. The molecule has 0 aliphatic carbocycles. The van der Waals surface area contributed by atoms with Crippen LogP contribution in [0.3, 0.4) is 0 Å². The number of aromatic amines is 1. The molecule has 120 valence electrons. The number of ether oxygens (including phenoxy) is 1. The van der Waals surface area contributed by atoms with Crippen molar-refractivity contribution in [1.29, 1.82) is 0 Å². The number of H-pyrrole nitrogens is 1. The van der Waals surface area contributed by atoms with Gasteiger partial charge in [0.25, 0.3) is 5.56 Å². The number of aliphatic carboxylic acids is 1. The lowest BCUT2D eigenvalue weighted by Crippen LogP contribution is -2.30. The topological polar surface area (TPSA) is 131 Å². The minimum atomic E-state index is -1.09. The van der Waals surface area contributed by atoms with E-state index in [1.165, 1.54) is 17.9 Å². The summed E-state index contributed by atoms with van der Waals surface area (Å²) in [4.78, 5) is 39.2. The highest BCUT2D eigenvalue weighted by Crippen LogP contribution is 2.03. The fourth-order valence-electron chi connectivity index (χ4n) is 1.97. The lowest BCUT2D eigenvalue weighted by molar-refractivity contribution is -0.137. The summed E-state index contributed by atoms with van der Waals surface area (Å²) < 4.78 is 7.33. The fourth-order valence-corrected chi connectivity index (χ4v) is 1.97. The van der Waals surface area contributed by atoms with Crippen LogP contribution in [0.4, 0.5) is 0 Å². The van der Waals surface area contributed by atoms with Gasteiger partial charge >= 0.3 is 11.7 Å². The predicted molar refractivity (Wildman–Crippen MR) is 76.9 cm³/mol. The van der Waals surface area contributed by atoms with Crippen LogP contribution in [0.15, 0.2) is 15.9 Å². The zero-order valence-corrected chi connectivity index (χ0v) is 12.0. The van der Waals surface area contributed by atoms with Crippen LogP contribution in [0.5, 0.6) is 0 Å². The summed E-state index contributed by atoms with van der Waals surface area (Å²) in [5.41, 5.74) is -0.991. The molecule has 22 heavy (non-hydrogen) atoms. The number of nitrogens with one attached hydrogen (secondary N) is 2. The summed E-state index contributed by atoms with van der Waals surface area (Å²) in [6.07, 6.45) is 1.22. The Bertz CT molecular complexity index is 759. The molecule has 2 aromatic rings. The highest BCUT2D eigenvalue weighted by Gasteiger charge is 2.12. The van der Waals surface area contributed by atoms with E-state index < -0.39 is 17.2 Å². The number of morpholine rings is 1. The van der Waals surface area contributed by atoms with Crippen LogP contribution in [-0.2, 0) is 23.1 Å². The second kappa shape index (κ2) is 7.00. The van der Waals surface area contributed by atoms with E-state index in [1.54, 1.807) is 0 Å². The molecule has 1 fully saturated rings. The molecule has 0 atom stereocenters. The van der Waals surface area contributed by atoms with Gasteiger partial charge in [0.1, 0.15) is 6.54 Å². The number of imidazole rings is 1. The second-order valence-corrected chi connectivity index (χ2v) is 4.62. The molecule has 3 rings (SSSR count). The molecule has 10 heteroatoms. The average molecular weight is 311 g/mol. The zero-order valence-electron chi connectivity index (χ0n) is 12.0. The molecule has 1 aliphatic rings. The Morgan fingerprint density at radius 2 is 2.09 bits per heavy atom. The quantitative estimate of drug-likeness (QED) is 0.591. The van der Waals surface area contributed by atoms with Gasteiger partial charge in [0.05, 0.1) is 19.5 Å². The first-order valence-electron chi connectivity index (χ1n) is 6.65. The monoisotopic (exact) mass is 311 g/mol.